The fraction of sp³-hybridized carbons (Fsp3) is 0.562. The summed E-state index contributed by atoms with van der Waals surface area (Å²) < 4.78 is 31.5. The lowest BCUT2D eigenvalue weighted by molar-refractivity contribution is -0.0763. The van der Waals surface area contributed by atoms with E-state index in [4.69, 9.17) is 4.74 Å². The molecule has 1 aromatic rings. The second-order valence-corrected chi connectivity index (χ2v) is 8.23. The number of hydrogen-bond donors (Lipinski definition) is 1. The molecule has 6 nitrogen and oxygen atoms in total. The van der Waals surface area contributed by atoms with Gasteiger partial charge < -0.3 is 9.64 Å². The Kier molecular flexibility index (Phi) is 4.44. The molecule has 1 amide bonds. The van der Waals surface area contributed by atoms with Crippen molar-refractivity contribution >= 4 is 15.9 Å². The highest BCUT2D eigenvalue weighted by molar-refractivity contribution is 7.88. The third-order valence-corrected chi connectivity index (χ3v) is 5.26. The largest absolute Gasteiger partial charge is 0.373 e. The van der Waals surface area contributed by atoms with Crippen molar-refractivity contribution in [2.45, 2.75) is 30.9 Å². The number of likely N-dealkylation sites (tertiary alicyclic amines) is 1. The van der Waals surface area contributed by atoms with Crippen LogP contribution in [0.1, 0.15) is 29.6 Å². The van der Waals surface area contributed by atoms with Gasteiger partial charge in [-0.1, -0.05) is 18.2 Å². The number of sulfonamides is 1. The lowest BCUT2D eigenvalue weighted by atomic mass is 9.90. The van der Waals surface area contributed by atoms with Gasteiger partial charge in [-0.15, -0.1) is 0 Å². The first-order chi connectivity index (χ1) is 10.9. The molecular formula is C16H22N2O4S. The summed E-state index contributed by atoms with van der Waals surface area (Å²) in [5.41, 5.74) is 0.247. The molecule has 126 valence electrons. The lowest BCUT2D eigenvalue weighted by Crippen LogP contribution is -2.50. The zero-order chi connectivity index (χ0) is 16.5. The standard InChI is InChI=1S/C16H22N2O4S/c1-23(20,21)17-14-7-10-22-16(11-14)8-9-18(12-16)15(19)13-5-3-2-4-6-13/h2-6,14,17H,7-12H2,1H3/t14-,16-/m1/s1. The van der Waals surface area contributed by atoms with Crippen molar-refractivity contribution < 1.29 is 17.9 Å². The Morgan fingerprint density at radius 1 is 1.35 bits per heavy atom. The van der Waals surface area contributed by atoms with Crippen LogP contribution in [0.5, 0.6) is 0 Å². The van der Waals surface area contributed by atoms with Crippen molar-refractivity contribution in [2.24, 2.45) is 0 Å². The van der Waals surface area contributed by atoms with Crippen molar-refractivity contribution in [1.29, 1.82) is 0 Å². The number of benzene rings is 1. The molecule has 7 heteroatoms. The highest BCUT2D eigenvalue weighted by Crippen LogP contribution is 2.35. The Balaban J connectivity index is 1.67. The van der Waals surface area contributed by atoms with E-state index in [-0.39, 0.29) is 11.9 Å². The predicted molar refractivity (Wildman–Crippen MR) is 86.6 cm³/mol. The van der Waals surface area contributed by atoms with Gasteiger partial charge in [0.2, 0.25) is 10.0 Å². The molecule has 0 bridgehead atoms. The van der Waals surface area contributed by atoms with E-state index in [0.29, 0.717) is 38.1 Å². The van der Waals surface area contributed by atoms with Crippen LogP contribution in [-0.4, -0.2) is 56.8 Å². The molecule has 2 aliphatic heterocycles. The monoisotopic (exact) mass is 338 g/mol. The molecule has 2 aliphatic rings. The summed E-state index contributed by atoms with van der Waals surface area (Å²) >= 11 is 0. The molecule has 2 saturated heterocycles. The van der Waals surface area contributed by atoms with Gasteiger partial charge in [0, 0.05) is 24.8 Å². The van der Waals surface area contributed by atoms with Gasteiger partial charge in [-0.2, -0.15) is 0 Å². The Hall–Kier alpha value is -1.44. The van der Waals surface area contributed by atoms with Crippen LogP contribution in [0.2, 0.25) is 0 Å². The number of ether oxygens (including phenoxy) is 1. The van der Waals surface area contributed by atoms with Crippen molar-refractivity contribution in [3.63, 3.8) is 0 Å². The van der Waals surface area contributed by atoms with Gasteiger partial charge in [-0.05, 0) is 31.4 Å². The van der Waals surface area contributed by atoms with E-state index in [2.05, 4.69) is 4.72 Å². The van der Waals surface area contributed by atoms with Gasteiger partial charge in [0.1, 0.15) is 0 Å². The molecule has 0 aliphatic carbocycles. The van der Waals surface area contributed by atoms with Crippen LogP contribution in [0.4, 0.5) is 0 Å². The quantitative estimate of drug-likeness (QED) is 0.892. The highest BCUT2D eigenvalue weighted by atomic mass is 32.2. The van der Waals surface area contributed by atoms with Gasteiger partial charge in [-0.3, -0.25) is 4.79 Å². The van der Waals surface area contributed by atoms with Crippen molar-refractivity contribution in [3.8, 4) is 0 Å². The Morgan fingerprint density at radius 2 is 2.09 bits per heavy atom. The van der Waals surface area contributed by atoms with E-state index in [9.17, 15) is 13.2 Å². The van der Waals surface area contributed by atoms with Crippen LogP contribution in [-0.2, 0) is 14.8 Å². The maximum Gasteiger partial charge on any atom is 0.253 e. The second kappa shape index (κ2) is 6.22. The van der Waals surface area contributed by atoms with Gasteiger partial charge in [0.15, 0.2) is 0 Å². The molecule has 2 heterocycles. The molecule has 3 rings (SSSR count). The van der Waals surface area contributed by atoms with E-state index in [1.165, 1.54) is 6.26 Å². The smallest absolute Gasteiger partial charge is 0.253 e. The molecular weight excluding hydrogens is 316 g/mol. The first kappa shape index (κ1) is 16.4. The number of carbonyl (C=O) groups is 1. The van der Waals surface area contributed by atoms with Crippen LogP contribution in [0.3, 0.4) is 0 Å². The number of amides is 1. The summed E-state index contributed by atoms with van der Waals surface area (Å²) in [6.07, 6.45) is 3.20. The maximum absolute atomic E-state index is 12.5. The average Bonchev–Trinajstić information content (AvgIpc) is 2.89. The fourth-order valence-corrected chi connectivity index (χ4v) is 4.30. The minimum atomic E-state index is -3.23. The minimum Gasteiger partial charge on any atom is -0.373 e. The van der Waals surface area contributed by atoms with Crippen LogP contribution in [0.25, 0.3) is 0 Å². The van der Waals surface area contributed by atoms with Crippen LogP contribution >= 0.6 is 0 Å². The summed E-state index contributed by atoms with van der Waals surface area (Å²) in [5.74, 6) is 0.00395. The predicted octanol–water partition coefficient (Wildman–Crippen LogP) is 1.000. The topological polar surface area (TPSA) is 75.7 Å². The SMILES string of the molecule is CS(=O)(=O)N[C@@H]1CCO[C@]2(CCN(C(=O)c3ccccc3)C2)C1. The fourth-order valence-electron chi connectivity index (χ4n) is 3.50. The summed E-state index contributed by atoms with van der Waals surface area (Å²) in [6, 6.07) is 9.08. The maximum atomic E-state index is 12.5. The number of nitrogens with one attached hydrogen (secondary N) is 1. The van der Waals surface area contributed by atoms with Crippen LogP contribution in [0, 0.1) is 0 Å². The molecule has 2 atom stereocenters. The van der Waals surface area contributed by atoms with E-state index in [1.807, 2.05) is 30.3 Å². The number of carbonyl (C=O) groups excluding carboxylic acids is 1. The summed E-state index contributed by atoms with van der Waals surface area (Å²) in [5, 5.41) is 0. The third-order valence-electron chi connectivity index (χ3n) is 4.50. The second-order valence-electron chi connectivity index (χ2n) is 6.45. The Bertz CT molecular complexity index is 677. The van der Waals surface area contributed by atoms with Crippen molar-refractivity contribution in [3.05, 3.63) is 35.9 Å². The molecule has 0 saturated carbocycles. The summed E-state index contributed by atoms with van der Waals surface area (Å²) in [4.78, 5) is 14.3. The Morgan fingerprint density at radius 3 is 2.78 bits per heavy atom. The summed E-state index contributed by atoms with van der Waals surface area (Å²) in [7, 11) is -3.23. The van der Waals surface area contributed by atoms with Gasteiger partial charge in [-0.25, -0.2) is 13.1 Å². The van der Waals surface area contributed by atoms with Crippen LogP contribution < -0.4 is 4.72 Å². The van der Waals surface area contributed by atoms with Gasteiger partial charge in [0.05, 0.1) is 18.4 Å². The van der Waals surface area contributed by atoms with E-state index < -0.39 is 15.6 Å². The third kappa shape index (κ3) is 3.91. The Labute approximate surface area is 136 Å². The molecule has 0 aromatic heterocycles. The highest BCUT2D eigenvalue weighted by Gasteiger charge is 2.45. The van der Waals surface area contributed by atoms with Gasteiger partial charge >= 0.3 is 0 Å². The molecule has 2 fully saturated rings. The first-order valence-electron chi connectivity index (χ1n) is 7.83. The normalized spacial score (nSPS) is 28.2. The zero-order valence-electron chi connectivity index (χ0n) is 13.2. The zero-order valence-corrected chi connectivity index (χ0v) is 14.0. The molecule has 1 spiro atoms. The van der Waals surface area contributed by atoms with E-state index in [1.54, 1.807) is 4.90 Å². The van der Waals surface area contributed by atoms with E-state index in [0.717, 1.165) is 6.42 Å². The lowest BCUT2D eigenvalue weighted by Gasteiger charge is -2.38. The average molecular weight is 338 g/mol. The van der Waals surface area contributed by atoms with Crippen LogP contribution in [0.15, 0.2) is 30.3 Å². The number of nitrogens with zero attached hydrogens (tertiary/aromatic N) is 1. The molecule has 1 N–H and O–H groups in total. The molecule has 0 unspecified atom stereocenters. The van der Waals surface area contributed by atoms with Gasteiger partial charge in [0.25, 0.3) is 5.91 Å². The molecule has 1 aromatic carbocycles. The number of hydrogen-bond acceptors (Lipinski definition) is 4. The number of rotatable bonds is 3. The first-order valence-corrected chi connectivity index (χ1v) is 9.72. The molecule has 23 heavy (non-hydrogen) atoms. The summed E-state index contributed by atoms with van der Waals surface area (Å²) in [6.45, 7) is 1.67. The van der Waals surface area contributed by atoms with E-state index >= 15 is 0 Å². The van der Waals surface area contributed by atoms with Crippen molar-refractivity contribution in [2.75, 3.05) is 26.0 Å². The minimum absolute atomic E-state index is 0.00395. The molecule has 0 radical (unpaired) electrons. The van der Waals surface area contributed by atoms with Crippen molar-refractivity contribution in [1.82, 2.24) is 9.62 Å².